The maximum absolute atomic E-state index is 12.0. The van der Waals surface area contributed by atoms with Crippen molar-refractivity contribution >= 4 is 23.7 Å². The number of hydrogen-bond acceptors (Lipinski definition) is 5. The standard InChI is InChI=1S/C15H19NO3.C15H17NO2/c17-13(11-12-7-3-1-4-8-12)16-15(14(18)19)9-5-2-6-10-15;17-14-15(9-5-2-6-10-15)16-13(18-14)11-12-7-3-1-4-8-12/h1,3-4,7-8H,2,5-6,9-11H2,(H,16,17)(H,18,19);1,3-4,7-8H,2,5-6,9-11H2. The van der Waals surface area contributed by atoms with Crippen molar-refractivity contribution in [2.45, 2.75) is 88.1 Å². The van der Waals surface area contributed by atoms with E-state index in [-0.39, 0.29) is 18.3 Å². The van der Waals surface area contributed by atoms with E-state index in [4.69, 9.17) is 4.74 Å². The zero-order valence-electron chi connectivity index (χ0n) is 21.3. The molecule has 0 atom stereocenters. The molecule has 2 aliphatic carbocycles. The molecule has 0 unspecified atom stereocenters. The number of aliphatic imine (C=N–C) groups is 1. The van der Waals surface area contributed by atoms with Gasteiger partial charge in [-0.2, -0.15) is 0 Å². The molecule has 7 nitrogen and oxygen atoms in total. The minimum Gasteiger partial charge on any atom is -0.480 e. The maximum Gasteiger partial charge on any atom is 0.340 e. The molecule has 2 saturated carbocycles. The van der Waals surface area contributed by atoms with Crippen molar-refractivity contribution in [2.24, 2.45) is 4.99 Å². The first-order valence-corrected chi connectivity index (χ1v) is 13.3. The third kappa shape index (κ3) is 6.85. The van der Waals surface area contributed by atoms with Gasteiger partial charge >= 0.3 is 11.9 Å². The largest absolute Gasteiger partial charge is 0.480 e. The van der Waals surface area contributed by atoms with E-state index in [1.54, 1.807) is 0 Å². The van der Waals surface area contributed by atoms with E-state index < -0.39 is 17.0 Å². The summed E-state index contributed by atoms with van der Waals surface area (Å²) in [7, 11) is 0. The predicted molar refractivity (Wildman–Crippen MR) is 141 cm³/mol. The number of carboxylic acid groups (broad SMARTS) is 1. The third-order valence-electron chi connectivity index (χ3n) is 7.51. The Morgan fingerprint density at radius 2 is 1.35 bits per heavy atom. The van der Waals surface area contributed by atoms with Crippen LogP contribution in [0.3, 0.4) is 0 Å². The summed E-state index contributed by atoms with van der Waals surface area (Å²) < 4.78 is 5.37. The Morgan fingerprint density at radius 1 is 0.811 bits per heavy atom. The highest BCUT2D eigenvalue weighted by Gasteiger charge is 2.46. The van der Waals surface area contributed by atoms with Gasteiger partial charge in [-0.3, -0.25) is 4.79 Å². The SMILES string of the molecule is O=C(Cc1ccccc1)NC1(C(=O)O)CCCCC1.O=C1OC(Cc2ccccc2)=NC12CCCCC2. The number of carbonyl (C=O) groups is 3. The molecule has 37 heavy (non-hydrogen) atoms. The normalized spacial score (nSPS) is 19.7. The average molecular weight is 505 g/mol. The molecule has 1 amide bonds. The van der Waals surface area contributed by atoms with Crippen molar-refractivity contribution in [3.63, 3.8) is 0 Å². The molecule has 2 fully saturated rings. The van der Waals surface area contributed by atoms with Crippen molar-refractivity contribution in [3.05, 3.63) is 71.8 Å². The molecule has 3 aliphatic rings. The Kier molecular flexibility index (Phi) is 8.74. The second-order valence-electron chi connectivity index (χ2n) is 10.3. The van der Waals surface area contributed by atoms with E-state index in [1.165, 1.54) is 6.42 Å². The van der Waals surface area contributed by atoms with Gasteiger partial charge in [0.15, 0.2) is 11.4 Å². The molecule has 0 radical (unpaired) electrons. The van der Waals surface area contributed by atoms with Gasteiger partial charge in [0.1, 0.15) is 5.54 Å². The predicted octanol–water partition coefficient (Wildman–Crippen LogP) is 5.02. The van der Waals surface area contributed by atoms with E-state index in [1.807, 2.05) is 60.7 Å². The molecule has 0 saturated heterocycles. The summed E-state index contributed by atoms with van der Waals surface area (Å²) in [6, 6.07) is 19.4. The Balaban J connectivity index is 0.000000173. The van der Waals surface area contributed by atoms with Gasteiger partial charge in [-0.15, -0.1) is 0 Å². The first-order valence-electron chi connectivity index (χ1n) is 13.3. The number of esters is 1. The first kappa shape index (κ1) is 26.6. The number of benzene rings is 2. The average Bonchev–Trinajstić information content (AvgIpc) is 3.19. The number of amides is 1. The minimum atomic E-state index is -1.05. The first-order chi connectivity index (χ1) is 17.9. The Labute approximate surface area is 218 Å². The molecule has 2 N–H and O–H groups in total. The van der Waals surface area contributed by atoms with E-state index in [0.29, 0.717) is 25.2 Å². The van der Waals surface area contributed by atoms with Crippen LogP contribution < -0.4 is 5.32 Å². The lowest BCUT2D eigenvalue weighted by atomic mass is 9.81. The zero-order valence-corrected chi connectivity index (χ0v) is 21.3. The second-order valence-corrected chi connectivity index (χ2v) is 10.3. The number of carbonyl (C=O) groups excluding carboxylic acids is 2. The minimum absolute atomic E-state index is 0.131. The van der Waals surface area contributed by atoms with Crippen molar-refractivity contribution in [1.29, 1.82) is 0 Å². The van der Waals surface area contributed by atoms with Crippen LogP contribution in [-0.2, 0) is 32.0 Å². The monoisotopic (exact) mass is 504 g/mol. The fraction of sp³-hybridized carbons (Fsp3) is 0.467. The maximum atomic E-state index is 12.0. The number of nitrogens with zero attached hydrogens (tertiary/aromatic N) is 1. The molecular weight excluding hydrogens is 468 g/mol. The van der Waals surface area contributed by atoms with Crippen LogP contribution >= 0.6 is 0 Å². The van der Waals surface area contributed by atoms with Crippen molar-refractivity contribution in [3.8, 4) is 0 Å². The highest BCUT2D eigenvalue weighted by atomic mass is 16.6. The summed E-state index contributed by atoms with van der Waals surface area (Å²) >= 11 is 0. The fourth-order valence-corrected chi connectivity index (χ4v) is 5.45. The molecule has 1 spiro atoms. The fourth-order valence-electron chi connectivity index (χ4n) is 5.45. The zero-order chi connectivity index (χ0) is 26.1. The number of cyclic esters (lactones) is 1. The summed E-state index contributed by atoms with van der Waals surface area (Å²) in [5.74, 6) is -0.662. The summed E-state index contributed by atoms with van der Waals surface area (Å²) in [5, 5.41) is 12.1. The summed E-state index contributed by atoms with van der Waals surface area (Å²) in [6.07, 6.45) is 9.75. The lowest BCUT2D eigenvalue weighted by molar-refractivity contribution is -0.149. The lowest BCUT2D eigenvalue weighted by Gasteiger charge is -2.34. The van der Waals surface area contributed by atoms with Gasteiger partial charge < -0.3 is 15.2 Å². The third-order valence-corrected chi connectivity index (χ3v) is 7.51. The number of carboxylic acids is 1. The summed E-state index contributed by atoms with van der Waals surface area (Å²) in [6.45, 7) is 0. The van der Waals surface area contributed by atoms with Gasteiger partial charge in [-0.05, 0) is 36.8 Å². The van der Waals surface area contributed by atoms with Gasteiger partial charge in [0, 0.05) is 6.42 Å². The Bertz CT molecular complexity index is 1100. The molecule has 7 heteroatoms. The molecule has 2 aromatic carbocycles. The lowest BCUT2D eigenvalue weighted by Crippen LogP contribution is -2.55. The Hall–Kier alpha value is -3.48. The topological polar surface area (TPSA) is 105 Å². The van der Waals surface area contributed by atoms with Crippen molar-refractivity contribution < 1.29 is 24.2 Å². The van der Waals surface area contributed by atoms with Crippen LogP contribution in [0, 0.1) is 0 Å². The Morgan fingerprint density at radius 3 is 1.92 bits per heavy atom. The van der Waals surface area contributed by atoms with E-state index in [9.17, 15) is 19.5 Å². The molecular formula is C30H36N2O5. The van der Waals surface area contributed by atoms with Gasteiger partial charge in [0.25, 0.3) is 0 Å². The van der Waals surface area contributed by atoms with Gasteiger partial charge in [0.2, 0.25) is 5.91 Å². The molecule has 1 aliphatic heterocycles. The van der Waals surface area contributed by atoms with Crippen LogP contribution in [0.25, 0.3) is 0 Å². The number of rotatable bonds is 6. The molecule has 0 aromatic heterocycles. The molecule has 0 bridgehead atoms. The highest BCUT2D eigenvalue weighted by Crippen LogP contribution is 2.36. The van der Waals surface area contributed by atoms with E-state index in [0.717, 1.165) is 56.1 Å². The summed E-state index contributed by atoms with van der Waals surface area (Å²) in [5.41, 5.74) is 0.445. The summed E-state index contributed by atoms with van der Waals surface area (Å²) in [4.78, 5) is 40.1. The number of aliphatic carboxylic acids is 1. The van der Waals surface area contributed by atoms with Crippen LogP contribution in [0.5, 0.6) is 0 Å². The van der Waals surface area contributed by atoms with Gasteiger partial charge in [-0.25, -0.2) is 14.6 Å². The van der Waals surface area contributed by atoms with Crippen molar-refractivity contribution in [2.75, 3.05) is 0 Å². The molecule has 5 rings (SSSR count). The van der Waals surface area contributed by atoms with Crippen LogP contribution in [-0.4, -0.2) is 39.9 Å². The molecule has 2 aromatic rings. The van der Waals surface area contributed by atoms with E-state index in [2.05, 4.69) is 10.3 Å². The van der Waals surface area contributed by atoms with E-state index >= 15 is 0 Å². The van der Waals surface area contributed by atoms with Gasteiger partial charge in [0.05, 0.1) is 6.42 Å². The number of nitrogens with one attached hydrogen (secondary N) is 1. The van der Waals surface area contributed by atoms with Crippen LogP contribution in [0.4, 0.5) is 0 Å². The molecule has 196 valence electrons. The van der Waals surface area contributed by atoms with Crippen LogP contribution in [0.1, 0.15) is 75.3 Å². The molecule has 1 heterocycles. The smallest absolute Gasteiger partial charge is 0.340 e. The van der Waals surface area contributed by atoms with Crippen molar-refractivity contribution in [1.82, 2.24) is 5.32 Å². The second kappa shape index (κ2) is 12.2. The highest BCUT2D eigenvalue weighted by molar-refractivity contribution is 6.00. The quantitative estimate of drug-likeness (QED) is 0.538. The van der Waals surface area contributed by atoms with Crippen LogP contribution in [0.15, 0.2) is 65.7 Å². The van der Waals surface area contributed by atoms with Gasteiger partial charge in [-0.1, -0.05) is 99.2 Å². The number of hydrogen-bond donors (Lipinski definition) is 2. The van der Waals surface area contributed by atoms with Crippen LogP contribution in [0.2, 0.25) is 0 Å². The number of ether oxygens (including phenoxy) is 1.